The van der Waals surface area contributed by atoms with E-state index in [4.69, 9.17) is 15.5 Å². The molecule has 0 amide bonds. The van der Waals surface area contributed by atoms with Gasteiger partial charge in [-0.1, -0.05) is 11.3 Å². The van der Waals surface area contributed by atoms with Crippen LogP contribution in [0.2, 0.25) is 0 Å². The molecule has 2 aromatic rings. The number of aliphatic carboxylic acids is 1. The summed E-state index contributed by atoms with van der Waals surface area (Å²) in [7, 11) is -15.6. The second-order valence-corrected chi connectivity index (χ2v) is 13.0. The van der Waals surface area contributed by atoms with Crippen molar-refractivity contribution in [3.8, 4) is 0 Å². The normalized spacial score (nSPS) is 15.9. The van der Waals surface area contributed by atoms with Gasteiger partial charge in [-0.15, -0.1) is 0 Å². The highest BCUT2D eigenvalue weighted by atomic mass is 32.1. The molecule has 202 valence electrons. The van der Waals surface area contributed by atoms with Gasteiger partial charge in [-0.05, 0) is 6.92 Å². The van der Waals surface area contributed by atoms with Crippen molar-refractivity contribution >= 4 is 46.4 Å². The van der Waals surface area contributed by atoms with Gasteiger partial charge in [-0.3, -0.25) is 9.09 Å². The molecule has 0 bridgehead atoms. The third-order valence-electron chi connectivity index (χ3n) is 4.56. The predicted octanol–water partition coefficient (Wildman–Crippen LogP) is -0.708. The first-order valence-corrected chi connectivity index (χ1v) is 15.2. The molecule has 21 heteroatoms. The van der Waals surface area contributed by atoms with E-state index in [0.717, 1.165) is 0 Å². The molecule has 0 aliphatic rings. The number of phosphoric ester groups is 1. The highest BCUT2D eigenvalue weighted by Gasteiger charge is 2.53. The van der Waals surface area contributed by atoms with Crippen molar-refractivity contribution in [1.82, 2.24) is 9.97 Å². The number of carboxylic acids is 1. The van der Waals surface area contributed by atoms with Crippen LogP contribution in [-0.2, 0) is 45.9 Å². The molecule has 17 nitrogen and oxygen atoms in total. The summed E-state index contributed by atoms with van der Waals surface area (Å²) >= 11 is 0.616. The number of aromatic nitrogens is 3. The Morgan fingerprint density at radius 2 is 1.81 bits per heavy atom. The number of hydrogen-bond donors (Lipinski definition) is 8. The first-order chi connectivity index (χ1) is 16.2. The number of nitrogens with two attached hydrogens (primary N) is 1. The van der Waals surface area contributed by atoms with Crippen LogP contribution in [0.4, 0.5) is 5.82 Å². The molecule has 0 aliphatic carbocycles. The fraction of sp³-hybridized carbons (Fsp3) is 0.467. The molecule has 2 rings (SSSR count). The molecule has 0 fully saturated rings. The fourth-order valence-corrected chi connectivity index (χ4v) is 6.91. The smallest absolute Gasteiger partial charge is 0.479 e. The van der Waals surface area contributed by atoms with Gasteiger partial charge in [0, 0.05) is 19.5 Å². The lowest BCUT2D eigenvalue weighted by atomic mass is 10.1. The molecule has 0 aliphatic heterocycles. The van der Waals surface area contributed by atoms with E-state index in [1.807, 2.05) is 0 Å². The summed E-state index contributed by atoms with van der Waals surface area (Å²) < 4.78 is 43.5. The highest BCUT2D eigenvalue weighted by Crippen LogP contribution is 2.57. The maximum absolute atomic E-state index is 12.0. The summed E-state index contributed by atoms with van der Waals surface area (Å²) in [6.07, 6.45) is -0.372. The van der Waals surface area contributed by atoms with E-state index in [1.54, 1.807) is 6.92 Å². The molecule has 0 saturated carbocycles. The lowest BCUT2D eigenvalue weighted by Gasteiger charge is -2.20. The van der Waals surface area contributed by atoms with E-state index in [1.165, 1.54) is 17.7 Å². The Kier molecular flexibility index (Phi) is 9.33. The average Bonchev–Trinajstić information content (AvgIpc) is 2.97. The van der Waals surface area contributed by atoms with E-state index in [2.05, 4.69) is 18.8 Å². The number of carboxylic acid groups (broad SMARTS) is 1. The molecule has 36 heavy (non-hydrogen) atoms. The Morgan fingerprint density at radius 1 is 1.19 bits per heavy atom. The van der Waals surface area contributed by atoms with Crippen molar-refractivity contribution in [2.45, 2.75) is 32.4 Å². The topological polar surface area (TPSA) is 284 Å². The lowest BCUT2D eigenvalue weighted by Crippen LogP contribution is -2.51. The number of aliphatic hydroxyl groups is 1. The number of nitrogens with zero attached hydrogens (tertiary/aromatic N) is 3. The Bertz CT molecular complexity index is 1290. The number of nitrogen functional groups attached to an aromatic ring is 1. The fourth-order valence-electron chi connectivity index (χ4n) is 3.02. The van der Waals surface area contributed by atoms with Crippen LogP contribution in [0.3, 0.4) is 0 Å². The maximum Gasteiger partial charge on any atom is 0.481 e. The van der Waals surface area contributed by atoms with Gasteiger partial charge >= 0.3 is 29.2 Å². The Hall–Kier alpha value is -1.65. The molecule has 0 aromatic carbocycles. The minimum absolute atomic E-state index is 0.0288. The third kappa shape index (κ3) is 8.18. The number of carbonyl (C=O) groups is 1. The molecular formula is C15H24N4O13P3S+. The van der Waals surface area contributed by atoms with Gasteiger partial charge in [0.15, 0.2) is 12.2 Å². The predicted molar refractivity (Wildman–Crippen MR) is 121 cm³/mol. The Morgan fingerprint density at radius 3 is 2.31 bits per heavy atom. The van der Waals surface area contributed by atoms with E-state index in [9.17, 15) is 43.4 Å². The number of thiazole rings is 1. The molecule has 0 spiro atoms. The lowest BCUT2D eigenvalue weighted by molar-refractivity contribution is -0.701. The zero-order valence-corrected chi connectivity index (χ0v) is 22.2. The van der Waals surface area contributed by atoms with Gasteiger partial charge < -0.3 is 40.4 Å². The monoisotopic (exact) mass is 593 g/mol. The quantitative estimate of drug-likeness (QED) is 0.111. The van der Waals surface area contributed by atoms with E-state index < -0.39 is 52.6 Å². The Balaban J connectivity index is 2.52. The molecule has 2 atom stereocenters. The van der Waals surface area contributed by atoms with Crippen LogP contribution in [0.15, 0.2) is 6.20 Å². The zero-order valence-electron chi connectivity index (χ0n) is 18.7. The zero-order chi connectivity index (χ0) is 27.7. The molecular weight excluding hydrogens is 569 g/mol. The molecule has 2 unspecified atom stereocenters. The van der Waals surface area contributed by atoms with Crippen LogP contribution < -0.4 is 10.3 Å². The van der Waals surface area contributed by atoms with Crippen molar-refractivity contribution in [2.24, 2.45) is 0 Å². The van der Waals surface area contributed by atoms with Gasteiger partial charge in [-0.2, -0.15) is 8.88 Å². The number of aryl methyl sites for hydroxylation is 1. The van der Waals surface area contributed by atoms with Crippen LogP contribution >= 0.6 is 34.6 Å². The largest absolute Gasteiger partial charge is 0.481 e. The molecule has 2 aromatic heterocycles. The number of hydrogen-bond acceptors (Lipinski definition) is 11. The SMILES string of the molecule is Cc1ncc(C[n+]2c(C(O)(CP(=O)(O)O)C(=O)O)sc(CCOP(=O)(O)OP(=O)(O)O)c2C)c(N)n1. The summed E-state index contributed by atoms with van der Waals surface area (Å²) in [6.45, 7) is 2.17. The van der Waals surface area contributed by atoms with Crippen molar-refractivity contribution in [3.05, 3.63) is 33.2 Å². The standard InChI is InChI=1S/C15H23N4O13P3S/c1-8-11(3-4-31-35(29,30)32-34(26,27)28)36-13(15(22,14(20)21)7-33(23,24)25)19(8)6-10-5-17-9(2)18-12(10)16/h5,22H,3-4,6-7H2,1-2H3,(H7-,16,17,18,20,21,23,24,25,26,27,28,29,30)/p+1. The van der Waals surface area contributed by atoms with Crippen molar-refractivity contribution in [3.63, 3.8) is 0 Å². The van der Waals surface area contributed by atoms with Crippen LogP contribution in [0, 0.1) is 13.8 Å². The first-order valence-electron chi connectivity index (χ1n) is 9.59. The molecule has 0 radical (unpaired) electrons. The summed E-state index contributed by atoms with van der Waals surface area (Å²) in [5.74, 6) is -1.58. The van der Waals surface area contributed by atoms with Crippen molar-refractivity contribution in [2.75, 3.05) is 18.5 Å². The van der Waals surface area contributed by atoms with E-state index >= 15 is 0 Å². The minimum atomic E-state index is -5.35. The van der Waals surface area contributed by atoms with E-state index in [0.29, 0.717) is 17.2 Å². The minimum Gasteiger partial charge on any atom is -0.479 e. The van der Waals surface area contributed by atoms with Gasteiger partial charge in [0.1, 0.15) is 17.8 Å². The van der Waals surface area contributed by atoms with Crippen molar-refractivity contribution in [1.29, 1.82) is 0 Å². The van der Waals surface area contributed by atoms with Crippen LogP contribution in [-0.4, -0.2) is 63.4 Å². The van der Waals surface area contributed by atoms with Gasteiger partial charge in [0.25, 0.3) is 10.6 Å². The highest BCUT2D eigenvalue weighted by molar-refractivity contribution is 7.60. The summed E-state index contributed by atoms with van der Waals surface area (Å²) in [6, 6.07) is 0. The summed E-state index contributed by atoms with van der Waals surface area (Å²) in [5, 5.41) is 20.2. The third-order valence-corrected chi connectivity index (χ3v) is 9.11. The van der Waals surface area contributed by atoms with E-state index in [-0.39, 0.29) is 34.9 Å². The maximum atomic E-state index is 12.0. The number of phosphoric acid groups is 2. The summed E-state index contributed by atoms with van der Waals surface area (Å²) in [5.41, 5.74) is 3.40. The van der Waals surface area contributed by atoms with Crippen LogP contribution in [0.1, 0.15) is 27.0 Å². The average molecular weight is 593 g/mol. The van der Waals surface area contributed by atoms with Crippen LogP contribution in [0.25, 0.3) is 0 Å². The second-order valence-electron chi connectivity index (χ2n) is 7.44. The van der Waals surface area contributed by atoms with Gasteiger partial charge in [0.05, 0.1) is 17.0 Å². The van der Waals surface area contributed by atoms with Gasteiger partial charge in [-0.25, -0.2) is 23.9 Å². The first kappa shape index (κ1) is 30.6. The second kappa shape index (κ2) is 11.0. The van der Waals surface area contributed by atoms with Crippen molar-refractivity contribution < 1.29 is 66.6 Å². The molecule has 9 N–H and O–H groups in total. The number of rotatable bonds is 12. The summed E-state index contributed by atoms with van der Waals surface area (Å²) in [4.78, 5) is 65.8. The number of anilines is 1. The van der Waals surface area contributed by atoms with Crippen LogP contribution in [0.5, 0.6) is 0 Å². The van der Waals surface area contributed by atoms with Gasteiger partial charge in [0.2, 0.25) is 0 Å². The molecule has 0 saturated heterocycles. The Labute approximate surface area is 207 Å². The molecule has 2 heterocycles.